The molecule has 12 nitrogen and oxygen atoms in total. The van der Waals surface area contributed by atoms with E-state index in [2.05, 4.69) is 5.32 Å². The van der Waals surface area contributed by atoms with Crippen molar-refractivity contribution < 1.29 is 39.2 Å². The maximum Gasteiger partial charge on any atom is 0.322 e. The zero-order valence-electron chi connectivity index (χ0n) is 20.0. The monoisotopic (exact) mass is 503 g/mol. The Morgan fingerprint density at radius 2 is 1.72 bits per heavy atom. The van der Waals surface area contributed by atoms with Crippen molar-refractivity contribution in [2.24, 2.45) is 0 Å². The molecule has 5 N–H and O–H groups in total. The highest BCUT2D eigenvalue weighted by atomic mass is 16.5. The van der Waals surface area contributed by atoms with Crippen molar-refractivity contribution >= 4 is 17.8 Å². The Morgan fingerprint density at radius 3 is 2.33 bits per heavy atom. The molecule has 12 heteroatoms. The number of nitrogens with zero attached hydrogens (tertiary/aromatic N) is 1. The summed E-state index contributed by atoms with van der Waals surface area (Å²) in [5.74, 6) is -4.63. The second-order valence-electron chi connectivity index (χ2n) is 8.38. The molecule has 0 bridgehead atoms. The predicted octanol–water partition coefficient (Wildman–Crippen LogP) is 1.20. The van der Waals surface area contributed by atoms with Gasteiger partial charge in [0.1, 0.15) is 29.2 Å². The van der Waals surface area contributed by atoms with Crippen molar-refractivity contribution in [2.45, 2.75) is 44.7 Å². The van der Waals surface area contributed by atoms with Crippen molar-refractivity contribution in [3.8, 4) is 23.1 Å². The highest BCUT2D eigenvalue weighted by Crippen LogP contribution is 2.31. The fraction of sp³-hybridized carbons (Fsp3) is 0.417. The van der Waals surface area contributed by atoms with Crippen molar-refractivity contribution in [1.82, 2.24) is 15.2 Å². The quantitative estimate of drug-likeness (QED) is 0.336. The van der Waals surface area contributed by atoms with Gasteiger partial charge in [-0.1, -0.05) is 19.3 Å². The smallest absolute Gasteiger partial charge is 0.322 e. The van der Waals surface area contributed by atoms with E-state index in [0.717, 1.165) is 23.8 Å². The summed E-state index contributed by atoms with van der Waals surface area (Å²) in [7, 11) is 2.86. The maximum absolute atomic E-state index is 13.4. The Bertz CT molecular complexity index is 1220. The van der Waals surface area contributed by atoms with Crippen molar-refractivity contribution in [3.05, 3.63) is 45.2 Å². The molecule has 1 aromatic heterocycles. The number of aromatic nitrogens is 1. The summed E-state index contributed by atoms with van der Waals surface area (Å²) in [6.07, 6.45) is 4.23. The SMILES string of the molecule is COc1ccc(Cn2c(O)c(C(=O)NCC(=O)O)c(O)c(C(=O)NC3CCCCC3)c2=O)c(OC)c1. The molecule has 0 radical (unpaired) electrons. The number of pyridine rings is 1. The fourth-order valence-corrected chi connectivity index (χ4v) is 4.16. The summed E-state index contributed by atoms with van der Waals surface area (Å²) < 4.78 is 11.2. The molecule has 1 heterocycles. The first-order chi connectivity index (χ1) is 17.2. The average Bonchev–Trinajstić information content (AvgIpc) is 2.85. The first kappa shape index (κ1) is 26.4. The van der Waals surface area contributed by atoms with Crippen LogP contribution in [0.1, 0.15) is 58.4 Å². The number of hydrogen-bond acceptors (Lipinski definition) is 8. The van der Waals surface area contributed by atoms with E-state index in [-0.39, 0.29) is 12.6 Å². The van der Waals surface area contributed by atoms with Gasteiger partial charge in [0.25, 0.3) is 17.4 Å². The minimum Gasteiger partial charge on any atom is -0.506 e. The molecule has 2 aromatic rings. The number of amides is 2. The molecule has 0 unspecified atom stereocenters. The molecule has 194 valence electrons. The first-order valence-electron chi connectivity index (χ1n) is 11.4. The van der Waals surface area contributed by atoms with Gasteiger partial charge in [-0.15, -0.1) is 0 Å². The number of carboxylic acids is 1. The zero-order valence-corrected chi connectivity index (χ0v) is 20.0. The van der Waals surface area contributed by atoms with Gasteiger partial charge in [-0.25, -0.2) is 0 Å². The van der Waals surface area contributed by atoms with Crippen LogP contribution in [0, 0.1) is 0 Å². The van der Waals surface area contributed by atoms with Crippen molar-refractivity contribution in [2.75, 3.05) is 20.8 Å². The molecule has 1 fully saturated rings. The Labute approximate surface area is 206 Å². The predicted molar refractivity (Wildman–Crippen MR) is 127 cm³/mol. The Hall–Kier alpha value is -4.22. The number of ether oxygens (including phenoxy) is 2. The molecule has 3 rings (SSSR count). The van der Waals surface area contributed by atoms with Gasteiger partial charge in [-0.3, -0.25) is 23.7 Å². The summed E-state index contributed by atoms with van der Waals surface area (Å²) >= 11 is 0. The second kappa shape index (κ2) is 11.5. The Kier molecular flexibility index (Phi) is 8.41. The molecule has 1 aliphatic carbocycles. The lowest BCUT2D eigenvalue weighted by atomic mass is 9.95. The average molecular weight is 504 g/mol. The normalized spacial score (nSPS) is 13.6. The molecule has 1 aromatic carbocycles. The third kappa shape index (κ3) is 5.70. The summed E-state index contributed by atoms with van der Waals surface area (Å²) in [6.45, 7) is -1.15. The van der Waals surface area contributed by atoms with Crippen LogP contribution in [0.5, 0.6) is 23.1 Å². The van der Waals surface area contributed by atoms with E-state index in [0.29, 0.717) is 29.9 Å². The topological polar surface area (TPSA) is 176 Å². The number of carbonyl (C=O) groups is 3. The maximum atomic E-state index is 13.4. The molecule has 0 aliphatic heterocycles. The summed E-state index contributed by atoms with van der Waals surface area (Å²) in [4.78, 5) is 50.0. The van der Waals surface area contributed by atoms with E-state index < -0.39 is 52.6 Å². The van der Waals surface area contributed by atoms with Crippen molar-refractivity contribution in [1.29, 1.82) is 0 Å². The van der Waals surface area contributed by atoms with Crippen LogP contribution in [-0.2, 0) is 11.3 Å². The first-order valence-corrected chi connectivity index (χ1v) is 11.4. The van der Waals surface area contributed by atoms with E-state index in [1.807, 2.05) is 5.32 Å². The molecule has 0 spiro atoms. The summed E-state index contributed by atoms with van der Waals surface area (Å²) in [6, 6.07) is 4.51. The lowest BCUT2D eigenvalue weighted by Gasteiger charge is -2.23. The molecule has 0 atom stereocenters. The van der Waals surface area contributed by atoms with Crippen LogP contribution in [0.3, 0.4) is 0 Å². The Balaban J connectivity index is 2.12. The van der Waals surface area contributed by atoms with Crippen LogP contribution in [0.15, 0.2) is 23.0 Å². The minimum atomic E-state index is -1.37. The summed E-state index contributed by atoms with van der Waals surface area (Å²) in [5, 5.41) is 35.2. The largest absolute Gasteiger partial charge is 0.506 e. The van der Waals surface area contributed by atoms with E-state index in [4.69, 9.17) is 14.6 Å². The molecule has 1 aliphatic rings. The summed E-state index contributed by atoms with van der Waals surface area (Å²) in [5.41, 5.74) is -2.16. The highest BCUT2D eigenvalue weighted by molar-refractivity contribution is 6.05. The van der Waals surface area contributed by atoms with Crippen molar-refractivity contribution in [3.63, 3.8) is 0 Å². The molecule has 36 heavy (non-hydrogen) atoms. The third-order valence-corrected chi connectivity index (χ3v) is 6.03. The van der Waals surface area contributed by atoms with Gasteiger partial charge < -0.3 is 35.4 Å². The van der Waals surface area contributed by atoms with Crippen LogP contribution < -0.4 is 25.7 Å². The number of rotatable bonds is 9. The van der Waals surface area contributed by atoms with Gasteiger partial charge in [0.05, 0.1) is 20.8 Å². The number of benzene rings is 1. The van der Waals surface area contributed by atoms with Gasteiger partial charge >= 0.3 is 5.97 Å². The molecule has 1 saturated carbocycles. The van der Waals surface area contributed by atoms with Crippen LogP contribution in [0.2, 0.25) is 0 Å². The molecular formula is C24H29N3O9. The zero-order chi connectivity index (χ0) is 26.4. The van der Waals surface area contributed by atoms with Gasteiger partial charge in [-0.05, 0) is 25.0 Å². The van der Waals surface area contributed by atoms with E-state index in [1.165, 1.54) is 14.2 Å². The van der Waals surface area contributed by atoms with Gasteiger partial charge in [0.2, 0.25) is 5.88 Å². The van der Waals surface area contributed by atoms with E-state index in [9.17, 15) is 29.4 Å². The van der Waals surface area contributed by atoms with Gasteiger partial charge in [0, 0.05) is 17.7 Å². The standard InChI is InChI=1S/C24H29N3O9/c1-35-15-9-8-13(16(10-15)36-2)12-27-23(33)18(21(31)25-11-17(28)29)20(30)19(24(27)34)22(32)26-14-6-4-3-5-7-14/h8-10,14,30,33H,3-7,11-12H2,1-2H3,(H,25,31)(H,26,32)(H,28,29). The van der Waals surface area contributed by atoms with Crippen LogP contribution >= 0.6 is 0 Å². The van der Waals surface area contributed by atoms with Crippen LogP contribution in [0.4, 0.5) is 0 Å². The Morgan fingerprint density at radius 1 is 1.03 bits per heavy atom. The van der Waals surface area contributed by atoms with Gasteiger partial charge in [-0.2, -0.15) is 0 Å². The lowest BCUT2D eigenvalue weighted by Crippen LogP contribution is -2.41. The van der Waals surface area contributed by atoms with E-state index in [1.54, 1.807) is 18.2 Å². The number of methoxy groups -OCH3 is 2. The number of aromatic hydroxyl groups is 2. The number of aliphatic carboxylic acids is 1. The molecule has 2 amide bonds. The second-order valence-corrected chi connectivity index (χ2v) is 8.38. The third-order valence-electron chi connectivity index (χ3n) is 6.03. The fourth-order valence-electron chi connectivity index (χ4n) is 4.16. The lowest BCUT2D eigenvalue weighted by molar-refractivity contribution is -0.135. The highest BCUT2D eigenvalue weighted by Gasteiger charge is 2.31. The number of carbonyl (C=O) groups excluding carboxylic acids is 2. The molecule has 0 saturated heterocycles. The molecular weight excluding hydrogens is 474 g/mol. The minimum absolute atomic E-state index is 0.210. The number of carboxylic acid groups (broad SMARTS) is 1. The van der Waals surface area contributed by atoms with Crippen LogP contribution in [0.25, 0.3) is 0 Å². The number of nitrogens with one attached hydrogen (secondary N) is 2. The van der Waals surface area contributed by atoms with Gasteiger partial charge in [0.15, 0.2) is 5.75 Å². The van der Waals surface area contributed by atoms with E-state index >= 15 is 0 Å². The van der Waals surface area contributed by atoms with Crippen LogP contribution in [-0.4, -0.2) is 64.5 Å². The number of hydrogen-bond donors (Lipinski definition) is 5.